The van der Waals surface area contributed by atoms with Gasteiger partial charge < -0.3 is 0 Å². The van der Waals surface area contributed by atoms with E-state index in [0.29, 0.717) is 16.2 Å². The zero-order valence-corrected chi connectivity index (χ0v) is 15.6. The third-order valence-electron chi connectivity index (χ3n) is 9.78. The Labute approximate surface area is 142 Å². The fourth-order valence-corrected chi connectivity index (χ4v) is 7.81. The van der Waals surface area contributed by atoms with E-state index in [9.17, 15) is 0 Å². The number of hydrogen-bond donors (Lipinski definition) is 1. The Morgan fingerprint density at radius 3 is 2.30 bits per heavy atom. The van der Waals surface area contributed by atoms with Crippen molar-refractivity contribution in [2.45, 2.75) is 91.6 Å². The summed E-state index contributed by atoms with van der Waals surface area (Å²) < 4.78 is 0. The van der Waals surface area contributed by atoms with Gasteiger partial charge in [0.15, 0.2) is 0 Å². The summed E-state index contributed by atoms with van der Waals surface area (Å²) >= 11 is 0. The molecule has 0 amide bonds. The van der Waals surface area contributed by atoms with Crippen molar-refractivity contribution in [2.24, 2.45) is 39.9 Å². The Hall–Kier alpha value is -0.0800. The first-order valence-corrected chi connectivity index (χ1v) is 10.1. The van der Waals surface area contributed by atoms with E-state index in [1.807, 2.05) is 0 Å². The van der Waals surface area contributed by atoms with Crippen LogP contribution in [0, 0.1) is 39.9 Å². The van der Waals surface area contributed by atoms with Crippen LogP contribution in [0.4, 0.5) is 0 Å². The molecule has 0 heterocycles. The van der Waals surface area contributed by atoms with Crippen molar-refractivity contribution in [2.75, 3.05) is 0 Å². The number of hydrogen-bond acceptors (Lipinski definition) is 2. The summed E-state index contributed by atoms with van der Waals surface area (Å²) in [6.45, 7) is 10.3. The second-order valence-corrected chi connectivity index (χ2v) is 10.5. The molecule has 23 heavy (non-hydrogen) atoms. The first kappa shape index (κ1) is 16.4. The van der Waals surface area contributed by atoms with Gasteiger partial charge in [0.25, 0.3) is 0 Å². The van der Waals surface area contributed by atoms with Gasteiger partial charge in [-0.25, -0.2) is 4.89 Å². The van der Waals surface area contributed by atoms with Crippen molar-refractivity contribution in [3.05, 3.63) is 0 Å². The minimum absolute atomic E-state index is 0.101. The van der Waals surface area contributed by atoms with Crippen LogP contribution in [0.1, 0.15) is 85.5 Å². The molecule has 132 valence electrons. The van der Waals surface area contributed by atoms with Gasteiger partial charge in [0.05, 0.1) is 6.10 Å². The molecule has 4 fully saturated rings. The Balaban J connectivity index is 1.60. The van der Waals surface area contributed by atoms with Crippen LogP contribution in [0.3, 0.4) is 0 Å². The van der Waals surface area contributed by atoms with Crippen LogP contribution in [0.25, 0.3) is 0 Å². The van der Waals surface area contributed by atoms with Gasteiger partial charge >= 0.3 is 0 Å². The van der Waals surface area contributed by atoms with Gasteiger partial charge in [-0.1, -0.05) is 27.7 Å². The Morgan fingerprint density at radius 2 is 1.57 bits per heavy atom. The average molecular weight is 321 g/mol. The highest BCUT2D eigenvalue weighted by atomic mass is 17.1. The normalized spacial score (nSPS) is 54.9. The van der Waals surface area contributed by atoms with Crippen molar-refractivity contribution < 1.29 is 10.1 Å². The molecule has 4 aliphatic rings. The summed E-state index contributed by atoms with van der Waals surface area (Å²) in [6, 6.07) is 0. The molecule has 4 saturated carbocycles. The zero-order chi connectivity index (χ0) is 16.5. The lowest BCUT2D eigenvalue weighted by Gasteiger charge is -2.61. The molecule has 0 saturated heterocycles. The molecule has 0 aromatic heterocycles. The van der Waals surface area contributed by atoms with Crippen molar-refractivity contribution >= 4 is 0 Å². The van der Waals surface area contributed by atoms with E-state index in [2.05, 4.69) is 27.7 Å². The maximum absolute atomic E-state index is 9.11. The molecule has 2 nitrogen and oxygen atoms in total. The smallest absolute Gasteiger partial charge is 0.0930 e. The maximum Gasteiger partial charge on any atom is 0.0930 e. The second kappa shape index (κ2) is 5.21. The minimum Gasteiger partial charge on any atom is -0.252 e. The highest BCUT2D eigenvalue weighted by Gasteiger charge is 2.62. The van der Waals surface area contributed by atoms with Crippen LogP contribution in [0.2, 0.25) is 0 Å². The topological polar surface area (TPSA) is 29.5 Å². The quantitative estimate of drug-likeness (QED) is 0.480. The van der Waals surface area contributed by atoms with Gasteiger partial charge in [0.2, 0.25) is 0 Å². The first-order valence-electron chi connectivity index (χ1n) is 10.1. The van der Waals surface area contributed by atoms with Gasteiger partial charge in [-0.15, -0.1) is 0 Å². The lowest BCUT2D eigenvalue weighted by molar-refractivity contribution is -0.296. The SMILES string of the molecule is CC1(C)CC[C@H]2[C@@H]3CCC4C[C@@H](OO)CC[C@]4(C)[C@H]3CC[C@@]21C. The molecule has 1 N–H and O–H groups in total. The summed E-state index contributed by atoms with van der Waals surface area (Å²) in [5.74, 6) is 3.62. The molecule has 0 aliphatic heterocycles. The second-order valence-electron chi connectivity index (χ2n) is 10.5. The summed E-state index contributed by atoms with van der Waals surface area (Å²) in [5, 5.41) is 9.11. The monoisotopic (exact) mass is 320 g/mol. The standard InChI is InChI=1S/C21H36O2/c1-19(2)10-8-18-16-6-5-14-13-15(23-22)7-11-20(14,3)17(16)9-12-21(18,19)4/h14-18,22H,5-13H2,1-4H3/t14?,15-,16+,17-,18-,20-,21-/m0/s1. The van der Waals surface area contributed by atoms with E-state index in [1.165, 1.54) is 44.9 Å². The van der Waals surface area contributed by atoms with E-state index in [1.54, 1.807) is 0 Å². The molecule has 1 unspecified atom stereocenters. The van der Waals surface area contributed by atoms with Crippen LogP contribution in [0.15, 0.2) is 0 Å². The van der Waals surface area contributed by atoms with Crippen molar-refractivity contribution in [1.82, 2.24) is 0 Å². The molecule has 4 rings (SSSR count). The zero-order valence-electron chi connectivity index (χ0n) is 15.6. The molecule has 0 spiro atoms. The van der Waals surface area contributed by atoms with Crippen LogP contribution in [0.5, 0.6) is 0 Å². The maximum atomic E-state index is 9.11. The van der Waals surface area contributed by atoms with E-state index in [-0.39, 0.29) is 6.10 Å². The van der Waals surface area contributed by atoms with Gasteiger partial charge in [0, 0.05) is 0 Å². The highest BCUT2D eigenvalue weighted by molar-refractivity contribution is 5.11. The fraction of sp³-hybridized carbons (Fsp3) is 1.00. The third kappa shape index (κ3) is 2.13. The predicted octanol–water partition coefficient (Wildman–Crippen LogP) is 5.91. The summed E-state index contributed by atoms with van der Waals surface area (Å²) in [6.07, 6.45) is 12.1. The van der Waals surface area contributed by atoms with Crippen LogP contribution < -0.4 is 0 Å². The van der Waals surface area contributed by atoms with Crippen LogP contribution >= 0.6 is 0 Å². The Morgan fingerprint density at radius 1 is 0.826 bits per heavy atom. The summed E-state index contributed by atoms with van der Waals surface area (Å²) in [7, 11) is 0. The summed E-state index contributed by atoms with van der Waals surface area (Å²) in [5.41, 5.74) is 1.61. The molecular weight excluding hydrogens is 284 g/mol. The van der Waals surface area contributed by atoms with Crippen LogP contribution in [-0.2, 0) is 4.89 Å². The lowest BCUT2D eigenvalue weighted by atomic mass is 9.43. The van der Waals surface area contributed by atoms with Crippen molar-refractivity contribution in [1.29, 1.82) is 0 Å². The fourth-order valence-electron chi connectivity index (χ4n) is 7.81. The van der Waals surface area contributed by atoms with Crippen molar-refractivity contribution in [3.8, 4) is 0 Å². The largest absolute Gasteiger partial charge is 0.252 e. The number of fused-ring (bicyclic) bond motifs is 5. The predicted molar refractivity (Wildman–Crippen MR) is 93.0 cm³/mol. The Kier molecular flexibility index (Phi) is 3.71. The molecular formula is C21H36O2. The highest BCUT2D eigenvalue weighted by Crippen LogP contribution is 2.70. The summed E-state index contributed by atoms with van der Waals surface area (Å²) in [4.78, 5) is 4.73. The Bertz CT molecular complexity index is 472. The van der Waals surface area contributed by atoms with E-state index < -0.39 is 0 Å². The van der Waals surface area contributed by atoms with Crippen LogP contribution in [-0.4, -0.2) is 11.4 Å². The molecule has 0 aromatic carbocycles. The lowest BCUT2D eigenvalue weighted by Crippen LogP contribution is -2.54. The average Bonchev–Trinajstić information content (AvgIpc) is 2.77. The van der Waals surface area contributed by atoms with E-state index in [0.717, 1.165) is 36.5 Å². The van der Waals surface area contributed by atoms with Gasteiger partial charge in [-0.3, -0.25) is 5.26 Å². The number of rotatable bonds is 1. The van der Waals surface area contributed by atoms with Gasteiger partial charge in [0.1, 0.15) is 0 Å². The van der Waals surface area contributed by atoms with Crippen molar-refractivity contribution in [3.63, 3.8) is 0 Å². The minimum atomic E-state index is 0.101. The molecule has 4 aliphatic carbocycles. The molecule has 0 aromatic rings. The van der Waals surface area contributed by atoms with E-state index in [4.69, 9.17) is 10.1 Å². The third-order valence-corrected chi connectivity index (χ3v) is 9.78. The van der Waals surface area contributed by atoms with Gasteiger partial charge in [-0.2, -0.15) is 0 Å². The van der Waals surface area contributed by atoms with Gasteiger partial charge in [-0.05, 0) is 97.7 Å². The van der Waals surface area contributed by atoms with E-state index >= 15 is 0 Å². The first-order chi connectivity index (χ1) is 10.8. The molecule has 7 atom stereocenters. The molecule has 2 heteroatoms. The molecule has 0 radical (unpaired) electrons. The molecule has 0 bridgehead atoms.